The van der Waals surface area contributed by atoms with Gasteiger partial charge in [-0.15, -0.1) is 0 Å². The highest BCUT2D eigenvalue weighted by Crippen LogP contribution is 2.18. The average molecular weight is 343 g/mol. The van der Waals surface area contributed by atoms with Crippen LogP contribution in [0.1, 0.15) is 15.9 Å². The van der Waals surface area contributed by atoms with E-state index in [0.29, 0.717) is 23.4 Å². The Morgan fingerprint density at radius 3 is 2.46 bits per heavy atom. The molecule has 1 amide bonds. The highest BCUT2D eigenvalue weighted by atomic mass is 32.2. The molecule has 0 aliphatic rings. The van der Waals surface area contributed by atoms with Gasteiger partial charge in [-0.3, -0.25) is 9.10 Å². The Kier molecular flexibility index (Phi) is 5.21. The van der Waals surface area contributed by atoms with Gasteiger partial charge in [-0.2, -0.15) is 5.26 Å². The van der Waals surface area contributed by atoms with Gasteiger partial charge in [0.25, 0.3) is 5.91 Å². The quantitative estimate of drug-likeness (QED) is 0.902. The number of rotatable bonds is 5. The Morgan fingerprint density at radius 2 is 1.88 bits per heavy atom. The van der Waals surface area contributed by atoms with Crippen molar-refractivity contribution in [2.75, 3.05) is 22.9 Å². The number of hydrogen-bond donors (Lipinski definition) is 1. The lowest BCUT2D eigenvalue weighted by Gasteiger charge is -2.17. The summed E-state index contributed by atoms with van der Waals surface area (Å²) in [5, 5.41) is 11.4. The highest BCUT2D eigenvalue weighted by Gasteiger charge is 2.14. The van der Waals surface area contributed by atoms with Crippen molar-refractivity contribution in [3.8, 4) is 6.07 Å². The van der Waals surface area contributed by atoms with Crippen LogP contribution >= 0.6 is 0 Å². The maximum atomic E-state index is 12.3. The maximum Gasteiger partial charge on any atom is 0.255 e. The summed E-state index contributed by atoms with van der Waals surface area (Å²) in [5.41, 5.74) is 2.23. The lowest BCUT2D eigenvalue weighted by molar-refractivity contribution is 0.102. The van der Waals surface area contributed by atoms with Crippen LogP contribution < -0.4 is 9.62 Å². The van der Waals surface area contributed by atoms with E-state index in [-0.39, 0.29) is 5.91 Å². The zero-order valence-corrected chi connectivity index (χ0v) is 14.2. The lowest BCUT2D eigenvalue weighted by atomic mass is 10.1. The van der Waals surface area contributed by atoms with Crippen molar-refractivity contribution < 1.29 is 13.2 Å². The fourth-order valence-corrected chi connectivity index (χ4v) is 2.53. The van der Waals surface area contributed by atoms with Gasteiger partial charge < -0.3 is 5.32 Å². The van der Waals surface area contributed by atoms with Crippen LogP contribution in [-0.4, -0.2) is 27.6 Å². The second-order valence-corrected chi connectivity index (χ2v) is 7.28. The first kappa shape index (κ1) is 17.5. The number of carbonyl (C=O) groups is 1. The topological polar surface area (TPSA) is 90.3 Å². The van der Waals surface area contributed by atoms with Crippen molar-refractivity contribution in [1.82, 2.24) is 0 Å². The van der Waals surface area contributed by atoms with Crippen molar-refractivity contribution in [2.45, 2.75) is 6.42 Å². The molecule has 0 fully saturated rings. The number of anilines is 2. The molecule has 0 aliphatic heterocycles. The summed E-state index contributed by atoms with van der Waals surface area (Å²) < 4.78 is 24.3. The van der Waals surface area contributed by atoms with Crippen LogP contribution in [0.15, 0.2) is 48.5 Å². The standard InChI is InChI=1S/C17H17N3O3S/c1-20(24(2,22)23)16-5-3-4-14(12-16)17(21)19-15-8-6-13(7-9-15)10-11-18/h3-9,12H,10H2,1-2H3,(H,19,21). The van der Waals surface area contributed by atoms with Crippen LogP contribution in [0.5, 0.6) is 0 Å². The van der Waals surface area contributed by atoms with Crippen molar-refractivity contribution in [3.05, 3.63) is 59.7 Å². The normalized spacial score (nSPS) is 10.7. The van der Waals surface area contributed by atoms with E-state index in [9.17, 15) is 13.2 Å². The Hall–Kier alpha value is -2.85. The Morgan fingerprint density at radius 1 is 1.21 bits per heavy atom. The fourth-order valence-electron chi connectivity index (χ4n) is 2.03. The van der Waals surface area contributed by atoms with E-state index in [2.05, 4.69) is 11.4 Å². The summed E-state index contributed by atoms with van der Waals surface area (Å²) in [6.45, 7) is 0. The van der Waals surface area contributed by atoms with Gasteiger partial charge in [0.05, 0.1) is 24.4 Å². The van der Waals surface area contributed by atoms with E-state index in [1.807, 2.05) is 0 Å². The molecule has 6 nitrogen and oxygen atoms in total. The summed E-state index contributed by atoms with van der Waals surface area (Å²) in [6, 6.07) is 15.4. The largest absolute Gasteiger partial charge is 0.322 e. The molecule has 7 heteroatoms. The van der Waals surface area contributed by atoms with E-state index in [1.165, 1.54) is 13.1 Å². The molecule has 0 bridgehead atoms. The van der Waals surface area contributed by atoms with E-state index in [0.717, 1.165) is 16.1 Å². The number of sulfonamides is 1. The molecule has 0 atom stereocenters. The van der Waals surface area contributed by atoms with Gasteiger partial charge in [-0.05, 0) is 35.9 Å². The van der Waals surface area contributed by atoms with Gasteiger partial charge in [0, 0.05) is 18.3 Å². The van der Waals surface area contributed by atoms with Gasteiger partial charge in [-0.25, -0.2) is 8.42 Å². The zero-order valence-electron chi connectivity index (χ0n) is 13.4. The maximum absolute atomic E-state index is 12.3. The molecular formula is C17H17N3O3S. The third-order valence-electron chi connectivity index (χ3n) is 3.46. The minimum Gasteiger partial charge on any atom is -0.322 e. The molecule has 2 rings (SSSR count). The third-order valence-corrected chi connectivity index (χ3v) is 4.67. The Bertz CT molecular complexity index is 884. The van der Waals surface area contributed by atoms with Gasteiger partial charge >= 0.3 is 0 Å². The Balaban J connectivity index is 2.17. The number of benzene rings is 2. The minimum absolute atomic E-state index is 0.314. The monoisotopic (exact) mass is 343 g/mol. The van der Waals surface area contributed by atoms with Gasteiger partial charge in [0.15, 0.2) is 0 Å². The summed E-state index contributed by atoms with van der Waals surface area (Å²) in [4.78, 5) is 12.3. The van der Waals surface area contributed by atoms with E-state index >= 15 is 0 Å². The molecule has 0 unspecified atom stereocenters. The van der Waals surface area contributed by atoms with E-state index < -0.39 is 10.0 Å². The smallest absolute Gasteiger partial charge is 0.255 e. The van der Waals surface area contributed by atoms with Crippen LogP contribution in [0, 0.1) is 11.3 Å². The van der Waals surface area contributed by atoms with Gasteiger partial charge in [0.2, 0.25) is 10.0 Å². The van der Waals surface area contributed by atoms with Crippen LogP contribution in [0.4, 0.5) is 11.4 Å². The summed E-state index contributed by atoms with van der Waals surface area (Å²) >= 11 is 0. The number of amides is 1. The molecule has 0 aromatic heterocycles. The Labute approximate surface area is 141 Å². The number of carbonyl (C=O) groups excluding carboxylic acids is 1. The molecule has 0 spiro atoms. The fraction of sp³-hybridized carbons (Fsp3) is 0.176. The third kappa shape index (κ3) is 4.33. The molecule has 124 valence electrons. The van der Waals surface area contributed by atoms with E-state index in [1.54, 1.807) is 42.5 Å². The minimum atomic E-state index is -3.39. The van der Waals surface area contributed by atoms with Gasteiger partial charge in [0.1, 0.15) is 0 Å². The molecule has 0 heterocycles. The predicted molar refractivity (Wildman–Crippen MR) is 93.4 cm³/mol. The number of nitriles is 1. The van der Waals surface area contributed by atoms with Crippen LogP contribution in [0.25, 0.3) is 0 Å². The molecule has 1 N–H and O–H groups in total. The van der Waals surface area contributed by atoms with Gasteiger partial charge in [-0.1, -0.05) is 18.2 Å². The molecule has 24 heavy (non-hydrogen) atoms. The molecule has 2 aromatic carbocycles. The molecular weight excluding hydrogens is 326 g/mol. The summed E-state index contributed by atoms with van der Waals surface area (Å²) in [6.07, 6.45) is 1.41. The SMILES string of the molecule is CN(c1cccc(C(=O)Nc2ccc(CC#N)cc2)c1)S(C)(=O)=O. The molecule has 0 saturated carbocycles. The molecule has 0 aliphatic carbocycles. The first-order valence-corrected chi connectivity index (χ1v) is 8.97. The summed E-state index contributed by atoms with van der Waals surface area (Å²) in [5.74, 6) is -0.341. The lowest BCUT2D eigenvalue weighted by Crippen LogP contribution is -2.25. The van der Waals surface area contributed by atoms with E-state index in [4.69, 9.17) is 5.26 Å². The number of nitrogens with one attached hydrogen (secondary N) is 1. The summed E-state index contributed by atoms with van der Waals surface area (Å²) in [7, 11) is -1.96. The van der Waals surface area contributed by atoms with Crippen LogP contribution in [0.2, 0.25) is 0 Å². The predicted octanol–water partition coefficient (Wildman–Crippen LogP) is 2.40. The highest BCUT2D eigenvalue weighted by molar-refractivity contribution is 7.92. The van der Waals surface area contributed by atoms with Crippen LogP contribution in [-0.2, 0) is 16.4 Å². The number of hydrogen-bond acceptors (Lipinski definition) is 4. The molecule has 2 aromatic rings. The van der Waals surface area contributed by atoms with Crippen molar-refractivity contribution in [1.29, 1.82) is 5.26 Å². The molecule has 0 saturated heterocycles. The first-order chi connectivity index (χ1) is 11.3. The van der Waals surface area contributed by atoms with Crippen molar-refractivity contribution in [3.63, 3.8) is 0 Å². The average Bonchev–Trinajstić information content (AvgIpc) is 2.55. The van der Waals surface area contributed by atoms with Crippen molar-refractivity contribution >= 4 is 27.3 Å². The van der Waals surface area contributed by atoms with Crippen LogP contribution in [0.3, 0.4) is 0 Å². The first-order valence-electron chi connectivity index (χ1n) is 7.12. The molecule has 0 radical (unpaired) electrons. The second-order valence-electron chi connectivity index (χ2n) is 5.27. The number of nitrogens with zero attached hydrogens (tertiary/aromatic N) is 2. The second kappa shape index (κ2) is 7.15. The zero-order chi connectivity index (χ0) is 17.7. The van der Waals surface area contributed by atoms with Crippen molar-refractivity contribution in [2.24, 2.45) is 0 Å².